The lowest BCUT2D eigenvalue weighted by atomic mass is 9.97. The smallest absolute Gasteiger partial charge is 0.0541 e. The average Bonchev–Trinajstić information content (AvgIpc) is 3.43. The summed E-state index contributed by atoms with van der Waals surface area (Å²) in [5.41, 5.74) is 14.3. The van der Waals surface area contributed by atoms with Crippen LogP contribution in [0.4, 0.5) is 0 Å². The lowest BCUT2D eigenvalue weighted by molar-refractivity contribution is 1.18. The molecule has 0 saturated heterocycles. The van der Waals surface area contributed by atoms with Crippen LogP contribution < -0.4 is 0 Å². The van der Waals surface area contributed by atoms with Crippen molar-refractivity contribution in [1.82, 2.24) is 9.55 Å². The topological polar surface area (TPSA) is 17.8 Å². The Kier molecular flexibility index (Phi) is 6.39. The fourth-order valence-corrected chi connectivity index (χ4v) is 6.22. The summed E-state index contributed by atoms with van der Waals surface area (Å²) in [5, 5.41) is 2.56. The van der Waals surface area contributed by atoms with Gasteiger partial charge in [0.05, 0.1) is 11.0 Å². The predicted octanol–water partition coefficient (Wildman–Crippen LogP) is 11.2. The first kappa shape index (κ1) is 25.9. The lowest BCUT2D eigenvalue weighted by Crippen LogP contribution is -1.93. The fraction of sp³-hybridized carbons (Fsp3) is 0.0238. The van der Waals surface area contributed by atoms with E-state index in [1.165, 1.54) is 49.6 Å². The van der Waals surface area contributed by atoms with Crippen LogP contribution in [0.15, 0.2) is 164 Å². The highest BCUT2D eigenvalue weighted by Crippen LogP contribution is 2.33. The van der Waals surface area contributed by atoms with E-state index in [-0.39, 0.29) is 0 Å². The van der Waals surface area contributed by atoms with E-state index in [1.54, 1.807) is 0 Å². The highest BCUT2D eigenvalue weighted by molar-refractivity contribution is 6.09. The van der Waals surface area contributed by atoms with Crippen LogP contribution in [0, 0.1) is 6.92 Å². The number of pyridine rings is 1. The summed E-state index contributed by atoms with van der Waals surface area (Å²) < 4.78 is 2.35. The zero-order valence-electron chi connectivity index (χ0n) is 24.5. The molecule has 0 saturated carbocycles. The quantitative estimate of drug-likeness (QED) is 0.204. The molecule has 0 N–H and O–H groups in total. The molecule has 8 rings (SSSR count). The van der Waals surface area contributed by atoms with Crippen molar-refractivity contribution < 1.29 is 0 Å². The molecule has 0 fully saturated rings. The maximum atomic E-state index is 4.58. The highest BCUT2D eigenvalue weighted by atomic mass is 15.0. The van der Waals surface area contributed by atoms with Gasteiger partial charge in [0, 0.05) is 40.0 Å². The summed E-state index contributed by atoms with van der Waals surface area (Å²) in [4.78, 5) is 4.58. The van der Waals surface area contributed by atoms with Gasteiger partial charge in [-0.3, -0.25) is 4.98 Å². The molecule has 0 atom stereocenters. The Labute approximate surface area is 257 Å². The van der Waals surface area contributed by atoms with Crippen LogP contribution >= 0.6 is 0 Å². The molecular formula is C42H30N2. The van der Waals surface area contributed by atoms with E-state index < -0.39 is 0 Å². The summed E-state index contributed by atoms with van der Waals surface area (Å²) in [6, 6.07) is 54.6. The molecule has 0 radical (unpaired) electrons. The Hall–Kier alpha value is -5.73. The first-order valence-corrected chi connectivity index (χ1v) is 15.0. The fourth-order valence-electron chi connectivity index (χ4n) is 6.22. The van der Waals surface area contributed by atoms with Crippen molar-refractivity contribution in [3.05, 3.63) is 170 Å². The number of nitrogens with zero attached hydrogens (tertiary/aromatic N) is 2. The SMILES string of the molecule is Cc1ccc(-c2ccc(-c3cncc(-c4ccc(-c5ccc(-n6c7ccccc7c7ccccc76)cc5)cc4)c3)cc2)cc1. The molecule has 0 bridgehead atoms. The van der Waals surface area contributed by atoms with Gasteiger partial charge < -0.3 is 4.57 Å². The van der Waals surface area contributed by atoms with Crippen LogP contribution in [0.1, 0.15) is 5.56 Å². The third-order valence-electron chi connectivity index (χ3n) is 8.60. The van der Waals surface area contributed by atoms with Gasteiger partial charge in [-0.25, -0.2) is 0 Å². The minimum Gasteiger partial charge on any atom is -0.309 e. The van der Waals surface area contributed by atoms with E-state index >= 15 is 0 Å². The van der Waals surface area contributed by atoms with Crippen molar-refractivity contribution in [3.8, 4) is 50.2 Å². The highest BCUT2D eigenvalue weighted by Gasteiger charge is 2.11. The summed E-state index contributed by atoms with van der Waals surface area (Å²) >= 11 is 0. The van der Waals surface area contributed by atoms with Crippen LogP contribution in [-0.2, 0) is 0 Å². The number of aryl methyl sites for hydroxylation is 1. The standard InChI is InChI=1S/C42H30N2/c1-29-10-12-30(13-11-29)31-14-18-34(19-15-31)36-26-37(28-43-27-36)35-20-16-32(17-21-35)33-22-24-38(25-23-33)44-41-8-4-2-6-39(41)40-7-3-5-9-42(40)44/h2-28H,1H3. The first-order valence-electron chi connectivity index (χ1n) is 15.0. The zero-order valence-corrected chi connectivity index (χ0v) is 24.5. The Balaban J connectivity index is 1.05. The molecule has 0 aliphatic heterocycles. The minimum absolute atomic E-state index is 1.11. The molecular weight excluding hydrogens is 532 g/mol. The average molecular weight is 563 g/mol. The van der Waals surface area contributed by atoms with E-state index in [9.17, 15) is 0 Å². The molecule has 0 spiro atoms. The van der Waals surface area contributed by atoms with Crippen LogP contribution in [0.5, 0.6) is 0 Å². The molecule has 6 aromatic carbocycles. The molecule has 2 heterocycles. The number of fused-ring (bicyclic) bond motifs is 3. The number of hydrogen-bond acceptors (Lipinski definition) is 1. The molecule has 0 unspecified atom stereocenters. The Bertz CT molecular complexity index is 2180. The van der Waals surface area contributed by atoms with E-state index in [0.717, 1.165) is 27.9 Å². The number of aromatic nitrogens is 2. The molecule has 0 aliphatic rings. The van der Waals surface area contributed by atoms with Crippen LogP contribution in [-0.4, -0.2) is 9.55 Å². The summed E-state index contributed by atoms with van der Waals surface area (Å²) in [5.74, 6) is 0. The van der Waals surface area contributed by atoms with Crippen molar-refractivity contribution >= 4 is 21.8 Å². The van der Waals surface area contributed by atoms with Crippen LogP contribution in [0.25, 0.3) is 72.0 Å². The monoisotopic (exact) mass is 562 g/mol. The maximum Gasteiger partial charge on any atom is 0.0541 e. The van der Waals surface area contributed by atoms with E-state index in [0.29, 0.717) is 0 Å². The van der Waals surface area contributed by atoms with E-state index in [4.69, 9.17) is 0 Å². The second-order valence-corrected chi connectivity index (χ2v) is 11.4. The number of para-hydroxylation sites is 2. The normalized spacial score (nSPS) is 11.3. The molecule has 0 amide bonds. The van der Waals surface area contributed by atoms with Gasteiger partial charge in [-0.15, -0.1) is 0 Å². The van der Waals surface area contributed by atoms with Crippen molar-refractivity contribution in [2.24, 2.45) is 0 Å². The maximum absolute atomic E-state index is 4.58. The van der Waals surface area contributed by atoms with Crippen LogP contribution in [0.2, 0.25) is 0 Å². The molecule has 44 heavy (non-hydrogen) atoms. The van der Waals surface area contributed by atoms with Gasteiger partial charge in [0.25, 0.3) is 0 Å². The molecule has 2 nitrogen and oxygen atoms in total. The summed E-state index contributed by atoms with van der Waals surface area (Å²) in [6.45, 7) is 2.12. The number of benzene rings is 6. The molecule has 8 aromatic rings. The van der Waals surface area contributed by atoms with Gasteiger partial charge >= 0.3 is 0 Å². The summed E-state index contributed by atoms with van der Waals surface area (Å²) in [6.07, 6.45) is 3.89. The van der Waals surface area contributed by atoms with Gasteiger partial charge in [-0.1, -0.05) is 127 Å². The molecule has 2 heteroatoms. The Morgan fingerprint density at radius 2 is 0.750 bits per heavy atom. The van der Waals surface area contributed by atoms with Gasteiger partial charge in [0.2, 0.25) is 0 Å². The van der Waals surface area contributed by atoms with Gasteiger partial charge in [0.15, 0.2) is 0 Å². The number of hydrogen-bond donors (Lipinski definition) is 0. The van der Waals surface area contributed by atoms with Crippen LogP contribution in [0.3, 0.4) is 0 Å². The largest absolute Gasteiger partial charge is 0.309 e. The van der Waals surface area contributed by atoms with Gasteiger partial charge in [-0.05, 0) is 70.6 Å². The predicted molar refractivity (Wildman–Crippen MR) is 185 cm³/mol. The summed E-state index contributed by atoms with van der Waals surface area (Å²) in [7, 11) is 0. The second kappa shape index (κ2) is 10.8. The Morgan fingerprint density at radius 1 is 0.386 bits per heavy atom. The van der Waals surface area contributed by atoms with Crippen molar-refractivity contribution in [2.45, 2.75) is 6.92 Å². The van der Waals surface area contributed by atoms with Crippen molar-refractivity contribution in [1.29, 1.82) is 0 Å². The third kappa shape index (κ3) is 4.67. The molecule has 2 aromatic heterocycles. The van der Waals surface area contributed by atoms with Crippen molar-refractivity contribution in [2.75, 3.05) is 0 Å². The van der Waals surface area contributed by atoms with Gasteiger partial charge in [0.1, 0.15) is 0 Å². The lowest BCUT2D eigenvalue weighted by Gasteiger charge is -2.10. The first-order chi connectivity index (χ1) is 21.7. The van der Waals surface area contributed by atoms with Gasteiger partial charge in [-0.2, -0.15) is 0 Å². The zero-order chi connectivity index (χ0) is 29.5. The van der Waals surface area contributed by atoms with Crippen molar-refractivity contribution in [3.63, 3.8) is 0 Å². The Morgan fingerprint density at radius 3 is 1.20 bits per heavy atom. The second-order valence-electron chi connectivity index (χ2n) is 11.4. The minimum atomic E-state index is 1.11. The third-order valence-corrected chi connectivity index (χ3v) is 8.60. The molecule has 0 aliphatic carbocycles. The van der Waals surface area contributed by atoms with E-state index in [2.05, 4.69) is 168 Å². The van der Waals surface area contributed by atoms with E-state index in [1.807, 2.05) is 12.4 Å². The molecule has 208 valence electrons. The number of rotatable bonds is 5.